The SMILES string of the molecule is CC(O)CCOc1ncncc1NC(=O)c1csc(-c2c(F)cccc2F)n1. The van der Waals surface area contributed by atoms with Gasteiger partial charge in [-0.05, 0) is 19.1 Å². The molecule has 10 heteroatoms. The van der Waals surface area contributed by atoms with Gasteiger partial charge in [0, 0.05) is 11.8 Å². The Hall–Kier alpha value is -2.98. The second kappa shape index (κ2) is 8.81. The first-order chi connectivity index (χ1) is 13.5. The normalized spacial score (nSPS) is 11.9. The van der Waals surface area contributed by atoms with Crippen molar-refractivity contribution in [2.75, 3.05) is 11.9 Å². The largest absolute Gasteiger partial charge is 0.476 e. The van der Waals surface area contributed by atoms with Gasteiger partial charge in [-0.15, -0.1) is 11.3 Å². The Kier molecular flexibility index (Phi) is 6.22. The van der Waals surface area contributed by atoms with Crippen LogP contribution in [0.2, 0.25) is 0 Å². The van der Waals surface area contributed by atoms with Crippen LogP contribution in [-0.4, -0.2) is 38.7 Å². The van der Waals surface area contributed by atoms with Gasteiger partial charge in [-0.2, -0.15) is 4.98 Å². The highest BCUT2D eigenvalue weighted by Crippen LogP contribution is 2.29. The molecular formula is C18H16F2N4O3S. The van der Waals surface area contributed by atoms with Crippen LogP contribution in [0.25, 0.3) is 10.6 Å². The molecule has 2 aromatic heterocycles. The fourth-order valence-corrected chi connectivity index (χ4v) is 3.07. The number of thiazole rings is 1. The van der Waals surface area contributed by atoms with E-state index in [0.717, 1.165) is 23.5 Å². The number of carbonyl (C=O) groups is 1. The summed E-state index contributed by atoms with van der Waals surface area (Å²) in [6.45, 7) is 1.83. The number of rotatable bonds is 7. The first-order valence-corrected chi connectivity index (χ1v) is 9.15. The van der Waals surface area contributed by atoms with Crippen molar-refractivity contribution in [3.8, 4) is 16.5 Å². The van der Waals surface area contributed by atoms with Crippen LogP contribution in [-0.2, 0) is 0 Å². The summed E-state index contributed by atoms with van der Waals surface area (Å²) < 4.78 is 33.2. The number of aromatic nitrogens is 3. The molecule has 0 fully saturated rings. The zero-order chi connectivity index (χ0) is 20.1. The fraction of sp³-hybridized carbons (Fsp3) is 0.222. The lowest BCUT2D eigenvalue weighted by atomic mass is 10.2. The summed E-state index contributed by atoms with van der Waals surface area (Å²) in [6, 6.07) is 3.50. The van der Waals surface area contributed by atoms with Crippen LogP contribution < -0.4 is 10.1 Å². The van der Waals surface area contributed by atoms with Crippen LogP contribution in [0.4, 0.5) is 14.5 Å². The van der Waals surface area contributed by atoms with Crippen molar-refractivity contribution in [2.45, 2.75) is 19.4 Å². The molecule has 2 N–H and O–H groups in total. The molecule has 3 aromatic rings. The number of halogens is 2. The molecule has 0 aliphatic rings. The Morgan fingerprint density at radius 1 is 1.36 bits per heavy atom. The molecule has 0 aliphatic heterocycles. The zero-order valence-corrected chi connectivity index (χ0v) is 15.5. The quantitative estimate of drug-likeness (QED) is 0.625. The van der Waals surface area contributed by atoms with Crippen molar-refractivity contribution in [1.29, 1.82) is 0 Å². The molecule has 1 aromatic carbocycles. The van der Waals surface area contributed by atoms with Gasteiger partial charge in [-0.3, -0.25) is 4.79 Å². The summed E-state index contributed by atoms with van der Waals surface area (Å²) >= 11 is 0.949. The molecule has 0 saturated carbocycles. The molecule has 146 valence electrons. The molecule has 3 rings (SSSR count). The molecule has 1 amide bonds. The number of nitrogens with one attached hydrogen (secondary N) is 1. The van der Waals surface area contributed by atoms with Gasteiger partial charge < -0.3 is 15.2 Å². The Labute approximate surface area is 163 Å². The van der Waals surface area contributed by atoms with E-state index >= 15 is 0 Å². The number of amides is 1. The molecule has 1 atom stereocenters. The summed E-state index contributed by atoms with van der Waals surface area (Å²) in [5.74, 6) is -1.98. The van der Waals surface area contributed by atoms with Crippen molar-refractivity contribution in [2.24, 2.45) is 0 Å². The second-order valence-electron chi connectivity index (χ2n) is 5.82. The van der Waals surface area contributed by atoms with Crippen molar-refractivity contribution in [3.05, 3.63) is 53.4 Å². The highest BCUT2D eigenvalue weighted by Gasteiger charge is 2.19. The van der Waals surface area contributed by atoms with Gasteiger partial charge in [0.1, 0.15) is 34.4 Å². The van der Waals surface area contributed by atoms with E-state index in [1.165, 1.54) is 24.0 Å². The molecule has 0 aliphatic carbocycles. The number of hydrogen-bond donors (Lipinski definition) is 2. The Morgan fingerprint density at radius 2 is 2.11 bits per heavy atom. The van der Waals surface area contributed by atoms with E-state index < -0.39 is 23.6 Å². The van der Waals surface area contributed by atoms with Gasteiger partial charge in [0.15, 0.2) is 0 Å². The van der Waals surface area contributed by atoms with E-state index in [0.29, 0.717) is 6.42 Å². The number of nitrogens with zero attached hydrogens (tertiary/aromatic N) is 3. The molecule has 7 nitrogen and oxygen atoms in total. The minimum atomic E-state index is -0.758. The summed E-state index contributed by atoms with van der Waals surface area (Å²) in [5.41, 5.74) is -0.0807. The summed E-state index contributed by atoms with van der Waals surface area (Å²) in [4.78, 5) is 24.3. The van der Waals surface area contributed by atoms with Gasteiger partial charge >= 0.3 is 0 Å². The number of aliphatic hydroxyl groups excluding tert-OH is 1. The number of carbonyl (C=O) groups excluding carboxylic acids is 1. The molecule has 28 heavy (non-hydrogen) atoms. The molecular weight excluding hydrogens is 390 g/mol. The Morgan fingerprint density at radius 3 is 2.82 bits per heavy atom. The Bertz CT molecular complexity index is 961. The molecule has 2 heterocycles. The van der Waals surface area contributed by atoms with Gasteiger partial charge in [0.2, 0.25) is 5.88 Å². The third kappa shape index (κ3) is 4.65. The number of aliphatic hydroxyl groups is 1. The maximum atomic E-state index is 13.9. The summed E-state index contributed by atoms with van der Waals surface area (Å²) in [5, 5.41) is 13.3. The van der Waals surface area contributed by atoms with Crippen molar-refractivity contribution < 1.29 is 23.4 Å². The van der Waals surface area contributed by atoms with Crippen LogP contribution in [0.3, 0.4) is 0 Å². The lowest BCUT2D eigenvalue weighted by Gasteiger charge is -2.10. The first-order valence-electron chi connectivity index (χ1n) is 8.28. The average Bonchev–Trinajstić information content (AvgIpc) is 3.12. The second-order valence-corrected chi connectivity index (χ2v) is 6.67. The monoisotopic (exact) mass is 406 g/mol. The van der Waals surface area contributed by atoms with E-state index in [4.69, 9.17) is 4.74 Å². The van der Waals surface area contributed by atoms with Gasteiger partial charge in [0.05, 0.1) is 24.5 Å². The van der Waals surface area contributed by atoms with Crippen molar-refractivity contribution in [3.63, 3.8) is 0 Å². The van der Waals surface area contributed by atoms with Crippen molar-refractivity contribution in [1.82, 2.24) is 15.0 Å². The van der Waals surface area contributed by atoms with Crippen LogP contribution in [0.1, 0.15) is 23.8 Å². The highest BCUT2D eigenvalue weighted by atomic mass is 32.1. The standard InChI is InChI=1S/C18H16F2N4O3S/c1-10(25)5-6-27-17-13(7-21-9-22-17)23-16(26)14-8-28-18(24-14)15-11(19)3-2-4-12(15)20/h2-4,7-10,25H,5-6H2,1H3,(H,23,26). The number of ether oxygens (including phenoxy) is 1. The van der Waals surface area contributed by atoms with E-state index in [-0.39, 0.29) is 34.4 Å². The van der Waals surface area contributed by atoms with E-state index in [1.807, 2.05) is 0 Å². The van der Waals surface area contributed by atoms with E-state index in [9.17, 15) is 18.7 Å². The van der Waals surface area contributed by atoms with E-state index in [2.05, 4.69) is 20.3 Å². The lowest BCUT2D eigenvalue weighted by molar-refractivity contribution is 0.102. The summed E-state index contributed by atoms with van der Waals surface area (Å²) in [7, 11) is 0. The number of benzene rings is 1. The van der Waals surface area contributed by atoms with Crippen LogP contribution in [0.15, 0.2) is 36.1 Å². The maximum absolute atomic E-state index is 13.9. The minimum Gasteiger partial charge on any atom is -0.476 e. The molecule has 0 saturated heterocycles. The highest BCUT2D eigenvalue weighted by molar-refractivity contribution is 7.13. The van der Waals surface area contributed by atoms with E-state index in [1.54, 1.807) is 6.92 Å². The smallest absolute Gasteiger partial charge is 0.275 e. The molecule has 0 bridgehead atoms. The summed E-state index contributed by atoms with van der Waals surface area (Å²) in [6.07, 6.45) is 2.47. The fourth-order valence-electron chi connectivity index (χ4n) is 2.23. The van der Waals surface area contributed by atoms with Crippen LogP contribution in [0.5, 0.6) is 5.88 Å². The topological polar surface area (TPSA) is 97.2 Å². The van der Waals surface area contributed by atoms with Gasteiger partial charge in [0.25, 0.3) is 5.91 Å². The molecule has 1 unspecified atom stereocenters. The van der Waals surface area contributed by atoms with Gasteiger partial charge in [-0.1, -0.05) is 6.07 Å². The van der Waals surface area contributed by atoms with Crippen LogP contribution in [0, 0.1) is 11.6 Å². The predicted molar refractivity (Wildman–Crippen MR) is 99.2 cm³/mol. The maximum Gasteiger partial charge on any atom is 0.275 e. The zero-order valence-electron chi connectivity index (χ0n) is 14.7. The molecule has 0 spiro atoms. The third-order valence-corrected chi connectivity index (χ3v) is 4.47. The average molecular weight is 406 g/mol. The van der Waals surface area contributed by atoms with Crippen molar-refractivity contribution >= 4 is 22.9 Å². The first kappa shape index (κ1) is 19.8. The number of anilines is 1. The third-order valence-electron chi connectivity index (χ3n) is 3.61. The lowest BCUT2D eigenvalue weighted by Crippen LogP contribution is -2.15. The molecule has 0 radical (unpaired) electrons. The Balaban J connectivity index is 1.75. The van der Waals surface area contributed by atoms with Crippen LogP contribution >= 0.6 is 11.3 Å². The minimum absolute atomic E-state index is 0.0126. The van der Waals surface area contributed by atoms with Gasteiger partial charge in [-0.25, -0.2) is 18.7 Å². The number of hydrogen-bond acceptors (Lipinski definition) is 7. The predicted octanol–water partition coefficient (Wildman–Crippen LogP) is 3.28.